The number of H-pyrrole nitrogens is 1. The maximum atomic E-state index is 11.9. The van der Waals surface area contributed by atoms with E-state index in [2.05, 4.69) is 55.3 Å². The fourth-order valence-corrected chi connectivity index (χ4v) is 4.18. The van der Waals surface area contributed by atoms with E-state index in [0.717, 1.165) is 45.4 Å². The first-order valence-corrected chi connectivity index (χ1v) is 9.85. The van der Waals surface area contributed by atoms with Crippen molar-refractivity contribution in [2.45, 2.75) is 38.4 Å². The molecule has 2 aromatic heterocycles. The molecular formula is C21H25N5O. The zero-order chi connectivity index (χ0) is 18.2. The molecule has 0 saturated heterocycles. The largest absolute Gasteiger partial charge is 0.361 e. The Morgan fingerprint density at radius 2 is 2.19 bits per heavy atom. The number of carbonyl (C=O) groups is 1. The van der Waals surface area contributed by atoms with Gasteiger partial charge in [-0.3, -0.25) is 14.4 Å². The Bertz CT molecular complexity index is 954. The lowest BCUT2D eigenvalue weighted by Gasteiger charge is -2.34. The number of benzene rings is 1. The molecule has 1 aromatic carbocycles. The molecule has 3 aromatic rings. The highest BCUT2D eigenvalue weighted by Crippen LogP contribution is 2.29. The molecule has 3 heterocycles. The lowest BCUT2D eigenvalue weighted by atomic mass is 10.1. The molecule has 5 rings (SSSR count). The van der Waals surface area contributed by atoms with Gasteiger partial charge in [0.15, 0.2) is 0 Å². The second kappa shape index (κ2) is 6.85. The topological polar surface area (TPSA) is 66.0 Å². The average Bonchev–Trinajstić information content (AvgIpc) is 3.21. The van der Waals surface area contributed by atoms with Gasteiger partial charge >= 0.3 is 0 Å². The molecule has 2 aliphatic rings. The number of aromatic nitrogens is 3. The molecule has 0 unspecified atom stereocenters. The Balaban J connectivity index is 1.28. The lowest BCUT2D eigenvalue weighted by molar-refractivity contribution is -0.122. The molecule has 0 radical (unpaired) electrons. The standard InChI is InChI=1S/C21H25N5O/c27-21(15-4-5-15)23-9-6-17-13-25(14-18-7-11-24-26(17)18)12-16-2-1-3-20-19(16)8-10-22-20/h1-3,7-8,10-11,15,17,22H,4-6,9,12-14H2,(H,23,27)/t17-/m0/s1. The number of hydrogen-bond donors (Lipinski definition) is 2. The summed E-state index contributed by atoms with van der Waals surface area (Å²) in [6.45, 7) is 3.51. The van der Waals surface area contributed by atoms with Crippen molar-refractivity contribution in [3.05, 3.63) is 54.0 Å². The van der Waals surface area contributed by atoms with E-state index >= 15 is 0 Å². The van der Waals surface area contributed by atoms with Crippen LogP contribution in [0.5, 0.6) is 0 Å². The Kier molecular flexibility index (Phi) is 4.20. The van der Waals surface area contributed by atoms with E-state index in [1.165, 1.54) is 22.2 Å². The first-order chi connectivity index (χ1) is 13.3. The number of nitrogens with one attached hydrogen (secondary N) is 2. The summed E-state index contributed by atoms with van der Waals surface area (Å²) in [7, 11) is 0. The van der Waals surface area contributed by atoms with Crippen LogP contribution < -0.4 is 5.32 Å². The number of nitrogens with zero attached hydrogens (tertiary/aromatic N) is 3. The summed E-state index contributed by atoms with van der Waals surface area (Å²) < 4.78 is 2.15. The van der Waals surface area contributed by atoms with Gasteiger partial charge in [-0.2, -0.15) is 5.10 Å². The van der Waals surface area contributed by atoms with Crippen molar-refractivity contribution >= 4 is 16.8 Å². The van der Waals surface area contributed by atoms with Gasteiger partial charge in [-0.05, 0) is 43.0 Å². The maximum Gasteiger partial charge on any atom is 0.223 e. The first kappa shape index (κ1) is 16.6. The molecular weight excluding hydrogens is 338 g/mol. The summed E-state index contributed by atoms with van der Waals surface area (Å²) >= 11 is 0. The highest BCUT2D eigenvalue weighted by atomic mass is 16.2. The quantitative estimate of drug-likeness (QED) is 0.708. The van der Waals surface area contributed by atoms with E-state index in [1.807, 2.05) is 12.4 Å². The molecule has 6 heteroatoms. The third-order valence-corrected chi connectivity index (χ3v) is 5.76. The average molecular weight is 363 g/mol. The maximum absolute atomic E-state index is 11.9. The van der Waals surface area contributed by atoms with Gasteiger partial charge < -0.3 is 10.3 Å². The third-order valence-electron chi connectivity index (χ3n) is 5.76. The van der Waals surface area contributed by atoms with Crippen LogP contribution in [0.4, 0.5) is 0 Å². The van der Waals surface area contributed by atoms with Crippen LogP contribution in [-0.2, 0) is 17.9 Å². The summed E-state index contributed by atoms with van der Waals surface area (Å²) in [5, 5.41) is 8.93. The van der Waals surface area contributed by atoms with Gasteiger partial charge in [0, 0.05) is 55.4 Å². The molecule has 140 valence electrons. The molecule has 1 aliphatic heterocycles. The minimum absolute atomic E-state index is 0.225. The molecule has 1 atom stereocenters. The molecule has 6 nitrogen and oxygen atoms in total. The molecule has 1 fully saturated rings. The first-order valence-electron chi connectivity index (χ1n) is 9.85. The second-order valence-corrected chi connectivity index (χ2v) is 7.80. The van der Waals surface area contributed by atoms with E-state index in [0.29, 0.717) is 6.04 Å². The minimum atomic E-state index is 0.225. The molecule has 27 heavy (non-hydrogen) atoms. The van der Waals surface area contributed by atoms with E-state index in [-0.39, 0.29) is 11.8 Å². The second-order valence-electron chi connectivity index (χ2n) is 7.80. The smallest absolute Gasteiger partial charge is 0.223 e. The summed E-state index contributed by atoms with van der Waals surface area (Å²) in [5.74, 6) is 0.498. The van der Waals surface area contributed by atoms with Crippen LogP contribution >= 0.6 is 0 Å². The summed E-state index contributed by atoms with van der Waals surface area (Å²) in [5.41, 5.74) is 3.79. The number of rotatable bonds is 6. The number of fused-ring (bicyclic) bond motifs is 2. The van der Waals surface area contributed by atoms with Crippen LogP contribution in [0.1, 0.15) is 36.6 Å². The fourth-order valence-electron chi connectivity index (χ4n) is 4.18. The molecule has 2 N–H and O–H groups in total. The number of amides is 1. The van der Waals surface area contributed by atoms with Gasteiger partial charge in [0.2, 0.25) is 5.91 Å². The van der Waals surface area contributed by atoms with Gasteiger partial charge in [-0.1, -0.05) is 12.1 Å². The molecule has 1 aliphatic carbocycles. The number of hydrogen-bond acceptors (Lipinski definition) is 3. The van der Waals surface area contributed by atoms with E-state index in [4.69, 9.17) is 0 Å². The highest BCUT2D eigenvalue weighted by molar-refractivity contribution is 5.82. The van der Waals surface area contributed by atoms with Crippen molar-refractivity contribution < 1.29 is 4.79 Å². The van der Waals surface area contributed by atoms with Crippen molar-refractivity contribution in [1.29, 1.82) is 0 Å². The highest BCUT2D eigenvalue weighted by Gasteiger charge is 2.30. The van der Waals surface area contributed by atoms with Crippen LogP contribution in [0.25, 0.3) is 10.9 Å². The Morgan fingerprint density at radius 3 is 3.07 bits per heavy atom. The Morgan fingerprint density at radius 1 is 1.26 bits per heavy atom. The third kappa shape index (κ3) is 3.37. The van der Waals surface area contributed by atoms with Crippen molar-refractivity contribution in [2.24, 2.45) is 5.92 Å². The summed E-state index contributed by atoms with van der Waals surface area (Å²) in [6, 6.07) is 11.0. The van der Waals surface area contributed by atoms with Crippen LogP contribution in [-0.4, -0.2) is 38.7 Å². The normalized spacial score (nSPS) is 19.9. The minimum Gasteiger partial charge on any atom is -0.361 e. The molecule has 1 saturated carbocycles. The summed E-state index contributed by atoms with van der Waals surface area (Å²) in [6.07, 6.45) is 6.92. The van der Waals surface area contributed by atoms with Gasteiger partial charge in [0.1, 0.15) is 0 Å². The number of aromatic amines is 1. The van der Waals surface area contributed by atoms with Crippen LogP contribution in [0.3, 0.4) is 0 Å². The van der Waals surface area contributed by atoms with Gasteiger partial charge in [0.25, 0.3) is 0 Å². The van der Waals surface area contributed by atoms with E-state index in [9.17, 15) is 4.79 Å². The Labute approximate surface area is 158 Å². The molecule has 1 amide bonds. The SMILES string of the molecule is O=C(NCC[C@H]1CN(Cc2cccc3[nH]ccc23)Cc2ccnn21)C1CC1. The monoisotopic (exact) mass is 363 g/mol. The lowest BCUT2D eigenvalue weighted by Crippen LogP contribution is -2.39. The predicted octanol–water partition coefficient (Wildman–Crippen LogP) is 2.84. The fraction of sp³-hybridized carbons (Fsp3) is 0.429. The van der Waals surface area contributed by atoms with Crippen LogP contribution in [0, 0.1) is 5.92 Å². The molecule has 0 spiro atoms. The zero-order valence-electron chi connectivity index (χ0n) is 15.4. The zero-order valence-corrected chi connectivity index (χ0v) is 15.4. The van der Waals surface area contributed by atoms with Crippen molar-refractivity contribution in [2.75, 3.05) is 13.1 Å². The van der Waals surface area contributed by atoms with Crippen molar-refractivity contribution in [1.82, 2.24) is 25.0 Å². The van der Waals surface area contributed by atoms with E-state index < -0.39 is 0 Å². The Hall–Kier alpha value is -2.60. The van der Waals surface area contributed by atoms with Crippen molar-refractivity contribution in [3.63, 3.8) is 0 Å². The number of carbonyl (C=O) groups excluding carboxylic acids is 1. The van der Waals surface area contributed by atoms with Crippen LogP contribution in [0.2, 0.25) is 0 Å². The predicted molar refractivity (Wildman–Crippen MR) is 104 cm³/mol. The van der Waals surface area contributed by atoms with Gasteiger partial charge in [-0.25, -0.2) is 0 Å². The van der Waals surface area contributed by atoms with Crippen molar-refractivity contribution in [3.8, 4) is 0 Å². The molecule has 0 bridgehead atoms. The van der Waals surface area contributed by atoms with E-state index in [1.54, 1.807) is 0 Å². The van der Waals surface area contributed by atoms with Gasteiger partial charge in [0.05, 0.1) is 11.7 Å². The van der Waals surface area contributed by atoms with Crippen LogP contribution in [0.15, 0.2) is 42.7 Å². The van der Waals surface area contributed by atoms with Gasteiger partial charge in [-0.15, -0.1) is 0 Å². The summed E-state index contributed by atoms with van der Waals surface area (Å²) in [4.78, 5) is 17.7.